The van der Waals surface area contributed by atoms with Crippen molar-refractivity contribution in [1.29, 1.82) is 0 Å². The Hall–Kier alpha value is -1.06. The molecule has 19 heavy (non-hydrogen) atoms. The van der Waals surface area contributed by atoms with Gasteiger partial charge in [0, 0.05) is 19.1 Å². The van der Waals surface area contributed by atoms with Gasteiger partial charge in [0.25, 0.3) is 0 Å². The van der Waals surface area contributed by atoms with Gasteiger partial charge in [0.1, 0.15) is 0 Å². The van der Waals surface area contributed by atoms with Crippen LogP contribution in [-0.4, -0.2) is 35.8 Å². The number of likely N-dealkylation sites (tertiary alicyclic amines) is 1. The largest absolute Gasteiger partial charge is 0.353 e. The number of carbonyl (C=O) groups is 2. The second-order valence-electron chi connectivity index (χ2n) is 6.32. The Kier molecular flexibility index (Phi) is 3.76. The first-order chi connectivity index (χ1) is 9.25. The fourth-order valence-corrected chi connectivity index (χ4v) is 3.48. The number of amides is 2. The maximum Gasteiger partial charge on any atom is 0.226 e. The Morgan fingerprint density at radius 3 is 2.26 bits per heavy atom. The Labute approximate surface area is 114 Å². The second kappa shape index (κ2) is 5.51. The minimum atomic E-state index is -0.0324. The van der Waals surface area contributed by atoms with Crippen LogP contribution in [0.4, 0.5) is 0 Å². The van der Waals surface area contributed by atoms with Gasteiger partial charge in [-0.1, -0.05) is 19.3 Å². The molecule has 1 N–H and O–H groups in total. The van der Waals surface area contributed by atoms with Crippen molar-refractivity contribution >= 4 is 11.8 Å². The summed E-state index contributed by atoms with van der Waals surface area (Å²) in [5.41, 5.74) is 0. The van der Waals surface area contributed by atoms with Crippen molar-refractivity contribution in [3.63, 3.8) is 0 Å². The van der Waals surface area contributed by atoms with Crippen molar-refractivity contribution < 1.29 is 9.59 Å². The summed E-state index contributed by atoms with van der Waals surface area (Å²) in [6, 6.07) is 0.365. The minimum Gasteiger partial charge on any atom is -0.353 e. The van der Waals surface area contributed by atoms with Gasteiger partial charge in [-0.3, -0.25) is 9.59 Å². The SMILES string of the molecule is O=C(NC1CCCCC1)C1CC1C(=O)N1CCCC1. The quantitative estimate of drug-likeness (QED) is 0.843. The van der Waals surface area contributed by atoms with Gasteiger partial charge >= 0.3 is 0 Å². The molecular weight excluding hydrogens is 240 g/mol. The smallest absolute Gasteiger partial charge is 0.226 e. The van der Waals surface area contributed by atoms with Gasteiger partial charge in [-0.05, 0) is 32.1 Å². The molecule has 0 aromatic carbocycles. The molecule has 0 aromatic rings. The Morgan fingerprint density at radius 2 is 1.58 bits per heavy atom. The number of hydrogen-bond donors (Lipinski definition) is 1. The van der Waals surface area contributed by atoms with E-state index in [1.54, 1.807) is 0 Å². The molecule has 4 heteroatoms. The van der Waals surface area contributed by atoms with Crippen molar-refractivity contribution in [2.75, 3.05) is 13.1 Å². The van der Waals surface area contributed by atoms with Gasteiger partial charge in [0.05, 0.1) is 11.8 Å². The molecule has 3 aliphatic rings. The molecule has 4 nitrogen and oxygen atoms in total. The zero-order valence-corrected chi connectivity index (χ0v) is 11.6. The zero-order valence-electron chi connectivity index (χ0n) is 11.6. The Morgan fingerprint density at radius 1 is 0.895 bits per heavy atom. The van der Waals surface area contributed by atoms with E-state index in [2.05, 4.69) is 5.32 Å². The van der Waals surface area contributed by atoms with Crippen molar-refractivity contribution in [2.45, 2.75) is 57.4 Å². The summed E-state index contributed by atoms with van der Waals surface area (Å²) >= 11 is 0. The molecule has 2 saturated carbocycles. The average molecular weight is 264 g/mol. The van der Waals surface area contributed by atoms with E-state index in [-0.39, 0.29) is 23.7 Å². The molecule has 2 atom stereocenters. The van der Waals surface area contributed by atoms with Gasteiger partial charge in [-0.25, -0.2) is 0 Å². The lowest BCUT2D eigenvalue weighted by Crippen LogP contribution is -2.38. The van der Waals surface area contributed by atoms with Gasteiger partial charge in [-0.2, -0.15) is 0 Å². The molecule has 2 unspecified atom stereocenters. The normalized spacial score (nSPS) is 31.3. The molecule has 3 rings (SSSR count). The molecular formula is C15H24N2O2. The van der Waals surface area contributed by atoms with E-state index in [9.17, 15) is 9.59 Å². The molecule has 0 spiro atoms. The fraction of sp³-hybridized carbons (Fsp3) is 0.867. The zero-order chi connectivity index (χ0) is 13.2. The summed E-state index contributed by atoms with van der Waals surface area (Å²) in [6.07, 6.45) is 9.00. The maximum absolute atomic E-state index is 12.2. The average Bonchev–Trinajstić information content (AvgIpc) is 3.05. The van der Waals surface area contributed by atoms with Gasteiger partial charge in [-0.15, -0.1) is 0 Å². The third-order valence-electron chi connectivity index (χ3n) is 4.81. The predicted molar refractivity (Wildman–Crippen MR) is 72.4 cm³/mol. The van der Waals surface area contributed by atoms with Gasteiger partial charge < -0.3 is 10.2 Å². The van der Waals surface area contributed by atoms with Crippen LogP contribution in [0.5, 0.6) is 0 Å². The van der Waals surface area contributed by atoms with Crippen LogP contribution < -0.4 is 5.32 Å². The van der Waals surface area contributed by atoms with E-state index in [1.165, 1.54) is 19.3 Å². The molecule has 0 aromatic heterocycles. The van der Waals surface area contributed by atoms with Crippen LogP contribution in [0, 0.1) is 11.8 Å². The number of hydrogen-bond acceptors (Lipinski definition) is 2. The molecule has 1 saturated heterocycles. The number of nitrogens with one attached hydrogen (secondary N) is 1. The lowest BCUT2D eigenvalue weighted by Gasteiger charge is -2.23. The van der Waals surface area contributed by atoms with Gasteiger partial charge in [0.2, 0.25) is 11.8 Å². The molecule has 2 amide bonds. The van der Waals surface area contributed by atoms with Crippen molar-refractivity contribution in [1.82, 2.24) is 10.2 Å². The summed E-state index contributed by atoms with van der Waals surface area (Å²) in [5, 5.41) is 3.15. The van der Waals surface area contributed by atoms with E-state index in [0.717, 1.165) is 45.2 Å². The van der Waals surface area contributed by atoms with E-state index < -0.39 is 0 Å². The highest BCUT2D eigenvalue weighted by Crippen LogP contribution is 2.41. The van der Waals surface area contributed by atoms with Crippen LogP contribution in [0.1, 0.15) is 51.4 Å². The highest BCUT2D eigenvalue weighted by Gasteiger charge is 2.49. The summed E-state index contributed by atoms with van der Waals surface area (Å²) < 4.78 is 0. The summed E-state index contributed by atoms with van der Waals surface area (Å²) in [4.78, 5) is 26.2. The molecule has 1 aliphatic heterocycles. The molecule has 106 valence electrons. The van der Waals surface area contributed by atoms with Crippen LogP contribution in [-0.2, 0) is 9.59 Å². The lowest BCUT2D eigenvalue weighted by molar-refractivity contribution is -0.134. The maximum atomic E-state index is 12.2. The van der Waals surface area contributed by atoms with Crippen LogP contribution in [0.2, 0.25) is 0 Å². The third kappa shape index (κ3) is 2.93. The number of rotatable bonds is 3. The summed E-state index contributed by atoms with van der Waals surface area (Å²) in [6.45, 7) is 1.79. The third-order valence-corrected chi connectivity index (χ3v) is 4.81. The molecule has 0 radical (unpaired) electrons. The fourth-order valence-electron chi connectivity index (χ4n) is 3.48. The molecule has 3 fully saturated rings. The number of carbonyl (C=O) groups excluding carboxylic acids is 2. The first kappa shape index (κ1) is 12.9. The van der Waals surface area contributed by atoms with Crippen molar-refractivity contribution in [3.8, 4) is 0 Å². The Balaban J connectivity index is 1.45. The summed E-state index contributed by atoms with van der Waals surface area (Å²) in [5.74, 6) is 0.308. The molecule has 1 heterocycles. The van der Waals surface area contributed by atoms with Crippen LogP contribution in [0.3, 0.4) is 0 Å². The van der Waals surface area contributed by atoms with Crippen LogP contribution in [0.25, 0.3) is 0 Å². The van der Waals surface area contributed by atoms with Crippen LogP contribution >= 0.6 is 0 Å². The van der Waals surface area contributed by atoms with Crippen molar-refractivity contribution in [2.24, 2.45) is 11.8 Å². The summed E-state index contributed by atoms with van der Waals surface area (Å²) in [7, 11) is 0. The van der Waals surface area contributed by atoms with Crippen molar-refractivity contribution in [3.05, 3.63) is 0 Å². The van der Waals surface area contributed by atoms with Gasteiger partial charge in [0.15, 0.2) is 0 Å². The van der Waals surface area contributed by atoms with E-state index >= 15 is 0 Å². The first-order valence-corrected chi connectivity index (χ1v) is 7.85. The lowest BCUT2D eigenvalue weighted by atomic mass is 9.95. The first-order valence-electron chi connectivity index (χ1n) is 7.85. The highest BCUT2D eigenvalue weighted by atomic mass is 16.2. The monoisotopic (exact) mass is 264 g/mol. The standard InChI is InChI=1S/C15H24N2O2/c18-14(16-11-6-2-1-3-7-11)12-10-13(12)15(19)17-8-4-5-9-17/h11-13H,1-10H2,(H,16,18). The molecule has 2 aliphatic carbocycles. The molecule has 0 bridgehead atoms. The minimum absolute atomic E-state index is 0.0123. The predicted octanol–water partition coefficient (Wildman–Crippen LogP) is 1.69. The van der Waals surface area contributed by atoms with E-state index in [1.807, 2.05) is 4.90 Å². The highest BCUT2D eigenvalue weighted by molar-refractivity contribution is 5.92. The second-order valence-corrected chi connectivity index (χ2v) is 6.32. The number of nitrogens with zero attached hydrogens (tertiary/aromatic N) is 1. The van der Waals surface area contributed by atoms with Crippen LogP contribution in [0.15, 0.2) is 0 Å². The Bertz CT molecular complexity index is 357. The van der Waals surface area contributed by atoms with E-state index in [0.29, 0.717) is 6.04 Å². The van der Waals surface area contributed by atoms with E-state index in [4.69, 9.17) is 0 Å². The topological polar surface area (TPSA) is 49.4 Å².